The Morgan fingerprint density at radius 1 is 1.56 bits per heavy atom. The predicted octanol–water partition coefficient (Wildman–Crippen LogP) is 0.184. The van der Waals surface area contributed by atoms with E-state index in [9.17, 15) is 4.79 Å². The summed E-state index contributed by atoms with van der Waals surface area (Å²) >= 11 is 0. The molecule has 18 heavy (non-hydrogen) atoms. The molecule has 0 spiro atoms. The lowest BCUT2D eigenvalue weighted by atomic mass is 10.1. The van der Waals surface area contributed by atoms with Crippen LogP contribution in [0.2, 0.25) is 0 Å². The van der Waals surface area contributed by atoms with Crippen LogP contribution in [-0.2, 0) is 18.4 Å². The fourth-order valence-electron chi connectivity index (χ4n) is 1.76. The lowest BCUT2D eigenvalue weighted by molar-refractivity contribution is -0.138. The fourth-order valence-corrected chi connectivity index (χ4v) is 1.76. The molecule has 96 valence electrons. The number of aryl methyl sites for hydroxylation is 1. The number of rotatable bonds is 5. The minimum Gasteiger partial charge on any atom is -0.481 e. The van der Waals surface area contributed by atoms with Gasteiger partial charge in [-0.3, -0.25) is 9.48 Å². The predicted molar refractivity (Wildman–Crippen MR) is 61.4 cm³/mol. The average molecular weight is 250 g/mol. The lowest BCUT2D eigenvalue weighted by Crippen LogP contribution is -2.14. The van der Waals surface area contributed by atoms with Crippen molar-refractivity contribution >= 4 is 5.97 Å². The van der Waals surface area contributed by atoms with Gasteiger partial charge in [-0.2, -0.15) is 5.10 Å². The number of carboxylic acids is 1. The van der Waals surface area contributed by atoms with Crippen molar-refractivity contribution in [2.75, 3.05) is 0 Å². The molecule has 0 aliphatic heterocycles. The molecule has 0 aliphatic rings. The van der Waals surface area contributed by atoms with E-state index in [0.29, 0.717) is 12.4 Å². The van der Waals surface area contributed by atoms with Gasteiger partial charge in [0.1, 0.15) is 5.69 Å². The van der Waals surface area contributed by atoms with Crippen molar-refractivity contribution in [1.29, 1.82) is 0 Å². The van der Waals surface area contributed by atoms with Gasteiger partial charge in [0.15, 0.2) is 5.82 Å². The van der Waals surface area contributed by atoms with Crippen LogP contribution in [-0.4, -0.2) is 41.1 Å². The van der Waals surface area contributed by atoms with Crippen LogP contribution in [0, 0.1) is 5.92 Å². The first-order valence-electron chi connectivity index (χ1n) is 5.54. The Labute approximate surface area is 103 Å². The van der Waals surface area contributed by atoms with Crippen LogP contribution < -0.4 is 0 Å². The molecule has 1 unspecified atom stereocenters. The molecule has 0 saturated heterocycles. The minimum absolute atomic E-state index is 0.0435. The Hall–Kier alpha value is -2.25. The van der Waals surface area contributed by atoms with Gasteiger partial charge in [-0.15, -0.1) is 5.10 Å². The molecule has 0 fully saturated rings. The monoisotopic (exact) mass is 250 g/mol. The van der Waals surface area contributed by atoms with Crippen LogP contribution >= 0.6 is 0 Å². The number of hydrogen-bond donors (Lipinski definition) is 1. The Morgan fingerprint density at radius 2 is 2.33 bits per heavy atom. The zero-order chi connectivity index (χ0) is 13.1. The molecule has 0 radical (unpaired) electrons. The number of tetrazole rings is 1. The number of hydrogen-bond acceptors (Lipinski definition) is 5. The Balaban J connectivity index is 2.18. The second-order valence-electron chi connectivity index (χ2n) is 4.23. The highest BCUT2D eigenvalue weighted by atomic mass is 16.4. The molecular weight excluding hydrogens is 236 g/mol. The van der Waals surface area contributed by atoms with Gasteiger partial charge in [0.05, 0.1) is 0 Å². The van der Waals surface area contributed by atoms with Crippen LogP contribution in [0.4, 0.5) is 0 Å². The second kappa shape index (κ2) is 4.94. The third-order valence-corrected chi connectivity index (χ3v) is 2.59. The molecule has 2 heterocycles. The molecule has 2 aromatic rings. The summed E-state index contributed by atoms with van der Waals surface area (Å²) in [6.07, 6.45) is 1.75. The quantitative estimate of drug-likeness (QED) is 0.813. The summed E-state index contributed by atoms with van der Waals surface area (Å²) in [6.45, 7) is 2.31. The van der Waals surface area contributed by atoms with Crippen LogP contribution in [0.25, 0.3) is 11.5 Å². The van der Waals surface area contributed by atoms with Gasteiger partial charge >= 0.3 is 5.97 Å². The van der Waals surface area contributed by atoms with Gasteiger partial charge in [0, 0.05) is 26.2 Å². The number of aromatic nitrogens is 6. The highest BCUT2D eigenvalue weighted by Crippen LogP contribution is 2.15. The highest BCUT2D eigenvalue weighted by molar-refractivity contribution is 5.66. The van der Waals surface area contributed by atoms with Crippen LogP contribution in [0.5, 0.6) is 0 Å². The van der Waals surface area contributed by atoms with E-state index < -0.39 is 5.97 Å². The average Bonchev–Trinajstić information content (AvgIpc) is 2.85. The van der Waals surface area contributed by atoms with Gasteiger partial charge in [-0.25, -0.2) is 4.68 Å². The molecule has 0 amide bonds. The van der Waals surface area contributed by atoms with Crippen molar-refractivity contribution in [2.24, 2.45) is 13.0 Å². The van der Waals surface area contributed by atoms with Crippen molar-refractivity contribution in [3.8, 4) is 11.5 Å². The number of aliphatic carboxylic acids is 1. The summed E-state index contributed by atoms with van der Waals surface area (Å²) in [5.74, 6) is -0.275. The normalized spacial score (nSPS) is 12.6. The molecular formula is C10H14N6O2. The van der Waals surface area contributed by atoms with E-state index in [0.717, 1.165) is 5.69 Å². The van der Waals surface area contributed by atoms with Crippen molar-refractivity contribution in [3.63, 3.8) is 0 Å². The van der Waals surface area contributed by atoms with E-state index >= 15 is 0 Å². The zero-order valence-corrected chi connectivity index (χ0v) is 10.2. The van der Waals surface area contributed by atoms with E-state index in [4.69, 9.17) is 5.11 Å². The molecule has 1 atom stereocenters. The standard InChI is InChI=1S/C10H14N6O2/c1-7(5-9(17)18)6-16-10(12-13-14-16)8-3-4-11-15(8)2/h3-4,7H,5-6H2,1-2H3,(H,17,18). The van der Waals surface area contributed by atoms with E-state index in [1.165, 1.54) is 0 Å². The van der Waals surface area contributed by atoms with Crippen LogP contribution in [0.15, 0.2) is 12.3 Å². The van der Waals surface area contributed by atoms with Crippen LogP contribution in [0.3, 0.4) is 0 Å². The summed E-state index contributed by atoms with van der Waals surface area (Å²) in [6, 6.07) is 1.81. The molecule has 0 saturated carbocycles. The molecule has 8 heteroatoms. The zero-order valence-electron chi connectivity index (χ0n) is 10.2. The third-order valence-electron chi connectivity index (χ3n) is 2.59. The maximum Gasteiger partial charge on any atom is 0.303 e. The van der Waals surface area contributed by atoms with E-state index in [1.54, 1.807) is 22.6 Å². The van der Waals surface area contributed by atoms with Gasteiger partial charge in [0.25, 0.3) is 0 Å². The molecule has 0 bridgehead atoms. The SMILES string of the molecule is CC(CC(=O)O)Cn1nnnc1-c1ccnn1C. The van der Waals surface area contributed by atoms with Crippen molar-refractivity contribution in [2.45, 2.75) is 19.9 Å². The second-order valence-corrected chi connectivity index (χ2v) is 4.23. The first-order valence-corrected chi connectivity index (χ1v) is 5.54. The van der Waals surface area contributed by atoms with Gasteiger partial charge in [-0.05, 0) is 22.4 Å². The maximum atomic E-state index is 10.6. The molecule has 2 aromatic heterocycles. The summed E-state index contributed by atoms with van der Waals surface area (Å²) in [5.41, 5.74) is 0.794. The third kappa shape index (κ3) is 2.53. The van der Waals surface area contributed by atoms with Gasteiger partial charge in [-0.1, -0.05) is 6.92 Å². The Bertz CT molecular complexity index is 546. The number of carboxylic acid groups (broad SMARTS) is 1. The van der Waals surface area contributed by atoms with E-state index in [1.807, 2.05) is 13.0 Å². The summed E-state index contributed by atoms with van der Waals surface area (Å²) in [7, 11) is 1.80. The number of carbonyl (C=O) groups is 1. The molecule has 0 aliphatic carbocycles. The first-order chi connectivity index (χ1) is 8.58. The largest absolute Gasteiger partial charge is 0.481 e. The molecule has 0 aromatic carbocycles. The van der Waals surface area contributed by atoms with Gasteiger partial charge in [0.2, 0.25) is 0 Å². The van der Waals surface area contributed by atoms with Crippen molar-refractivity contribution in [3.05, 3.63) is 12.3 Å². The summed E-state index contributed by atoms with van der Waals surface area (Å²) in [4.78, 5) is 10.6. The van der Waals surface area contributed by atoms with E-state index in [2.05, 4.69) is 20.6 Å². The van der Waals surface area contributed by atoms with Crippen molar-refractivity contribution < 1.29 is 9.90 Å². The summed E-state index contributed by atoms with van der Waals surface area (Å²) in [5, 5.41) is 24.2. The Kier molecular flexibility index (Phi) is 3.35. The van der Waals surface area contributed by atoms with Gasteiger partial charge < -0.3 is 5.11 Å². The lowest BCUT2D eigenvalue weighted by Gasteiger charge is -2.09. The first kappa shape index (κ1) is 12.2. The number of nitrogens with zero attached hydrogens (tertiary/aromatic N) is 6. The van der Waals surface area contributed by atoms with E-state index in [-0.39, 0.29) is 12.3 Å². The molecule has 1 N–H and O–H groups in total. The molecule has 2 rings (SSSR count). The van der Waals surface area contributed by atoms with Crippen LogP contribution in [0.1, 0.15) is 13.3 Å². The highest BCUT2D eigenvalue weighted by Gasteiger charge is 2.15. The molecule has 8 nitrogen and oxygen atoms in total. The van der Waals surface area contributed by atoms with Crippen molar-refractivity contribution in [1.82, 2.24) is 30.0 Å². The summed E-state index contributed by atoms with van der Waals surface area (Å²) < 4.78 is 3.27. The minimum atomic E-state index is -0.822. The maximum absolute atomic E-state index is 10.6. The fraction of sp³-hybridized carbons (Fsp3) is 0.500. The Morgan fingerprint density at radius 3 is 2.94 bits per heavy atom. The smallest absolute Gasteiger partial charge is 0.303 e. The topological polar surface area (TPSA) is 98.7 Å².